The summed E-state index contributed by atoms with van der Waals surface area (Å²) in [6.07, 6.45) is 10.6. The third kappa shape index (κ3) is 4.54. The van der Waals surface area contributed by atoms with E-state index in [1.807, 2.05) is 0 Å². The number of aliphatic carboxylic acids is 1. The topological polar surface area (TPSA) is 78.4 Å². The summed E-state index contributed by atoms with van der Waals surface area (Å²) < 4.78 is 0. The van der Waals surface area contributed by atoms with Crippen LogP contribution in [0.5, 0.6) is 0 Å². The van der Waals surface area contributed by atoms with E-state index in [4.69, 9.17) is 5.11 Å². The number of carboxylic acid groups (broad SMARTS) is 1. The van der Waals surface area contributed by atoms with Crippen molar-refractivity contribution in [3.05, 3.63) is 12.2 Å². The third-order valence-electron chi connectivity index (χ3n) is 4.29. The first-order chi connectivity index (χ1) is 9.65. The van der Waals surface area contributed by atoms with Crippen LogP contribution in [0.1, 0.15) is 44.9 Å². The summed E-state index contributed by atoms with van der Waals surface area (Å²) >= 11 is 0. The average Bonchev–Trinajstić information content (AvgIpc) is 2.46. The quantitative estimate of drug-likeness (QED) is 0.691. The number of amides is 2. The predicted molar refractivity (Wildman–Crippen MR) is 76.4 cm³/mol. The first kappa shape index (κ1) is 14.9. The van der Waals surface area contributed by atoms with Gasteiger partial charge in [0.25, 0.3) is 0 Å². The Kier molecular flexibility index (Phi) is 5.44. The Morgan fingerprint density at radius 3 is 2.75 bits per heavy atom. The highest BCUT2D eigenvalue weighted by Gasteiger charge is 2.27. The molecule has 5 heteroatoms. The fraction of sp³-hybridized carbons (Fsp3) is 0.733. The minimum Gasteiger partial charge on any atom is -0.481 e. The number of hydrogen-bond donors (Lipinski definition) is 3. The molecular formula is C15H24N2O3. The van der Waals surface area contributed by atoms with Gasteiger partial charge < -0.3 is 15.7 Å². The lowest BCUT2D eigenvalue weighted by molar-refractivity contribution is -0.143. The van der Waals surface area contributed by atoms with E-state index < -0.39 is 5.97 Å². The molecule has 3 atom stereocenters. The minimum absolute atomic E-state index is 0.00361. The summed E-state index contributed by atoms with van der Waals surface area (Å²) in [4.78, 5) is 22.8. The Morgan fingerprint density at radius 2 is 2.05 bits per heavy atom. The monoisotopic (exact) mass is 280 g/mol. The number of allylic oxidation sites excluding steroid dienone is 2. The van der Waals surface area contributed by atoms with Gasteiger partial charge in [-0.05, 0) is 44.4 Å². The van der Waals surface area contributed by atoms with E-state index in [1.54, 1.807) is 0 Å². The van der Waals surface area contributed by atoms with Crippen molar-refractivity contribution in [3.8, 4) is 0 Å². The second-order valence-electron chi connectivity index (χ2n) is 5.90. The summed E-state index contributed by atoms with van der Waals surface area (Å²) in [5.74, 6) is -0.521. The van der Waals surface area contributed by atoms with Crippen LogP contribution >= 0.6 is 0 Å². The molecule has 0 heterocycles. The lowest BCUT2D eigenvalue weighted by Gasteiger charge is -2.27. The lowest BCUT2D eigenvalue weighted by Crippen LogP contribution is -2.46. The van der Waals surface area contributed by atoms with E-state index in [0.717, 1.165) is 38.5 Å². The molecular weight excluding hydrogens is 256 g/mol. The molecule has 0 aromatic heterocycles. The van der Waals surface area contributed by atoms with Crippen LogP contribution in [-0.4, -0.2) is 29.7 Å². The second-order valence-corrected chi connectivity index (χ2v) is 5.90. The number of carboxylic acids is 1. The Balaban J connectivity index is 1.68. The summed E-state index contributed by atoms with van der Waals surface area (Å²) in [6, 6.07) is -0.160. The fourth-order valence-corrected chi connectivity index (χ4v) is 3.06. The largest absolute Gasteiger partial charge is 0.481 e. The molecule has 0 spiro atoms. The molecule has 2 rings (SSSR count). The molecule has 0 bridgehead atoms. The van der Waals surface area contributed by atoms with Crippen molar-refractivity contribution in [2.45, 2.75) is 51.0 Å². The molecule has 2 amide bonds. The molecule has 5 nitrogen and oxygen atoms in total. The van der Waals surface area contributed by atoms with Gasteiger partial charge in [0.15, 0.2) is 0 Å². The van der Waals surface area contributed by atoms with Crippen molar-refractivity contribution < 1.29 is 14.7 Å². The van der Waals surface area contributed by atoms with Gasteiger partial charge in [-0.2, -0.15) is 0 Å². The zero-order valence-corrected chi connectivity index (χ0v) is 11.8. The maximum atomic E-state index is 11.8. The van der Waals surface area contributed by atoms with Gasteiger partial charge in [-0.25, -0.2) is 4.79 Å². The Bertz CT molecular complexity index is 381. The maximum Gasteiger partial charge on any atom is 0.315 e. The van der Waals surface area contributed by atoms with Crippen LogP contribution in [0.15, 0.2) is 12.2 Å². The molecule has 3 unspecified atom stereocenters. The second kappa shape index (κ2) is 7.31. The van der Waals surface area contributed by atoms with E-state index in [1.165, 1.54) is 0 Å². The first-order valence-electron chi connectivity index (χ1n) is 7.57. The van der Waals surface area contributed by atoms with Gasteiger partial charge in [0.1, 0.15) is 0 Å². The van der Waals surface area contributed by atoms with Gasteiger partial charge in [-0.1, -0.05) is 18.6 Å². The van der Waals surface area contributed by atoms with Crippen LogP contribution in [0.3, 0.4) is 0 Å². The standard InChI is InChI=1S/C15H24N2O3/c18-14(19)12-7-4-8-13(9-12)17-15(20)16-10-11-5-2-1-3-6-11/h1-2,11-13H,3-10H2,(H,18,19)(H2,16,17,20). The van der Waals surface area contributed by atoms with Gasteiger partial charge in [-0.15, -0.1) is 0 Å². The number of urea groups is 1. The van der Waals surface area contributed by atoms with Crippen molar-refractivity contribution in [2.75, 3.05) is 6.54 Å². The number of nitrogens with one attached hydrogen (secondary N) is 2. The van der Waals surface area contributed by atoms with Crippen LogP contribution < -0.4 is 10.6 Å². The predicted octanol–water partition coefficient (Wildman–Crippen LogP) is 2.29. The molecule has 1 saturated carbocycles. The molecule has 0 saturated heterocycles. The van der Waals surface area contributed by atoms with E-state index in [0.29, 0.717) is 18.9 Å². The SMILES string of the molecule is O=C(NCC1CC=CCC1)NC1CCCC(C(=O)O)C1. The first-order valence-corrected chi connectivity index (χ1v) is 7.57. The van der Waals surface area contributed by atoms with Crippen molar-refractivity contribution >= 4 is 12.0 Å². The maximum absolute atomic E-state index is 11.8. The van der Waals surface area contributed by atoms with E-state index in [9.17, 15) is 9.59 Å². The molecule has 0 aromatic rings. The minimum atomic E-state index is -0.745. The Hall–Kier alpha value is -1.52. The van der Waals surface area contributed by atoms with Gasteiger partial charge in [-0.3, -0.25) is 4.79 Å². The number of carbonyl (C=O) groups is 2. The highest BCUT2D eigenvalue weighted by atomic mass is 16.4. The molecule has 3 N–H and O–H groups in total. The molecule has 2 aliphatic rings. The van der Waals surface area contributed by atoms with Crippen LogP contribution in [0, 0.1) is 11.8 Å². The highest BCUT2D eigenvalue weighted by molar-refractivity contribution is 5.74. The van der Waals surface area contributed by atoms with Crippen molar-refractivity contribution in [3.63, 3.8) is 0 Å². The Morgan fingerprint density at radius 1 is 1.20 bits per heavy atom. The zero-order chi connectivity index (χ0) is 14.4. The van der Waals surface area contributed by atoms with Gasteiger partial charge in [0, 0.05) is 12.6 Å². The third-order valence-corrected chi connectivity index (χ3v) is 4.29. The van der Waals surface area contributed by atoms with Crippen LogP contribution in [0.4, 0.5) is 4.79 Å². The van der Waals surface area contributed by atoms with Crippen molar-refractivity contribution in [2.24, 2.45) is 11.8 Å². The number of carbonyl (C=O) groups excluding carboxylic acids is 1. The van der Waals surface area contributed by atoms with Gasteiger partial charge >= 0.3 is 12.0 Å². The molecule has 0 radical (unpaired) electrons. The molecule has 20 heavy (non-hydrogen) atoms. The summed E-state index contributed by atoms with van der Waals surface area (Å²) in [7, 11) is 0. The fourth-order valence-electron chi connectivity index (χ4n) is 3.06. The zero-order valence-electron chi connectivity index (χ0n) is 11.8. The van der Waals surface area contributed by atoms with Crippen molar-refractivity contribution in [1.82, 2.24) is 10.6 Å². The van der Waals surface area contributed by atoms with Crippen LogP contribution in [-0.2, 0) is 4.79 Å². The molecule has 1 fully saturated rings. The Labute approximate surface area is 119 Å². The molecule has 112 valence electrons. The van der Waals surface area contributed by atoms with Gasteiger partial charge in [0.2, 0.25) is 0 Å². The number of hydrogen-bond acceptors (Lipinski definition) is 2. The van der Waals surface area contributed by atoms with Gasteiger partial charge in [0.05, 0.1) is 5.92 Å². The van der Waals surface area contributed by atoms with Crippen LogP contribution in [0.25, 0.3) is 0 Å². The van der Waals surface area contributed by atoms with Crippen molar-refractivity contribution in [1.29, 1.82) is 0 Å². The summed E-state index contributed by atoms with van der Waals surface area (Å²) in [5.41, 5.74) is 0. The van der Waals surface area contributed by atoms with E-state index >= 15 is 0 Å². The van der Waals surface area contributed by atoms with Crippen LogP contribution in [0.2, 0.25) is 0 Å². The molecule has 2 aliphatic carbocycles. The highest BCUT2D eigenvalue weighted by Crippen LogP contribution is 2.24. The summed E-state index contributed by atoms with van der Waals surface area (Å²) in [5, 5.41) is 14.9. The average molecular weight is 280 g/mol. The normalized spacial score (nSPS) is 29.7. The van der Waals surface area contributed by atoms with E-state index in [-0.39, 0.29) is 18.0 Å². The molecule has 0 aromatic carbocycles. The van der Waals surface area contributed by atoms with E-state index in [2.05, 4.69) is 22.8 Å². The summed E-state index contributed by atoms with van der Waals surface area (Å²) in [6.45, 7) is 0.700. The molecule has 0 aliphatic heterocycles. The lowest BCUT2D eigenvalue weighted by atomic mass is 9.86. The smallest absolute Gasteiger partial charge is 0.315 e. The number of rotatable bonds is 4.